The summed E-state index contributed by atoms with van der Waals surface area (Å²) in [4.78, 5) is 30.1. The zero-order valence-corrected chi connectivity index (χ0v) is 16.6. The lowest BCUT2D eigenvalue weighted by Gasteiger charge is -2.11. The number of carbonyl (C=O) groups is 1. The summed E-state index contributed by atoms with van der Waals surface area (Å²) in [7, 11) is 1.58. The minimum absolute atomic E-state index is 0.107. The molecule has 0 unspecified atom stereocenters. The minimum atomic E-state index is -0.285. The molecule has 0 atom stereocenters. The van der Waals surface area contributed by atoms with E-state index in [9.17, 15) is 9.59 Å². The Morgan fingerprint density at radius 3 is 2.57 bits per heavy atom. The number of ether oxygens (including phenoxy) is 1. The van der Waals surface area contributed by atoms with Crippen molar-refractivity contribution in [3.63, 3.8) is 0 Å². The average molecular weight is 402 g/mol. The lowest BCUT2D eigenvalue weighted by molar-refractivity contribution is -0.116. The maximum absolute atomic E-state index is 12.9. The van der Waals surface area contributed by atoms with Crippen LogP contribution in [0.25, 0.3) is 22.3 Å². The van der Waals surface area contributed by atoms with Crippen molar-refractivity contribution in [2.24, 2.45) is 0 Å². The van der Waals surface area contributed by atoms with Gasteiger partial charge in [-0.2, -0.15) is 0 Å². The molecule has 0 fully saturated rings. The molecule has 0 saturated carbocycles. The number of pyridine rings is 1. The molecule has 1 N–H and O–H groups in total. The molecule has 0 radical (unpaired) electrons. The SMILES string of the molecule is COCCn1c(=O)n(CC(=O)Nc2ccccc2-c2ccccc2)c2cccnc21. The molecule has 1 amide bonds. The number of hydrogen-bond donors (Lipinski definition) is 1. The van der Waals surface area contributed by atoms with Crippen molar-refractivity contribution in [3.05, 3.63) is 83.4 Å². The van der Waals surface area contributed by atoms with Crippen LogP contribution in [-0.2, 0) is 22.6 Å². The monoisotopic (exact) mass is 402 g/mol. The first-order valence-electron chi connectivity index (χ1n) is 9.66. The van der Waals surface area contributed by atoms with Crippen LogP contribution < -0.4 is 11.0 Å². The van der Waals surface area contributed by atoms with Gasteiger partial charge in [-0.25, -0.2) is 9.78 Å². The molecule has 0 aliphatic carbocycles. The summed E-state index contributed by atoms with van der Waals surface area (Å²) in [5.41, 5.74) is 3.49. The van der Waals surface area contributed by atoms with E-state index in [0.717, 1.165) is 11.1 Å². The molecule has 0 bridgehead atoms. The van der Waals surface area contributed by atoms with Gasteiger partial charge in [0.25, 0.3) is 0 Å². The molecule has 7 nitrogen and oxygen atoms in total. The van der Waals surface area contributed by atoms with Crippen molar-refractivity contribution in [1.82, 2.24) is 14.1 Å². The Morgan fingerprint density at radius 2 is 1.77 bits per heavy atom. The van der Waals surface area contributed by atoms with Crippen LogP contribution in [0.1, 0.15) is 0 Å². The van der Waals surface area contributed by atoms with Gasteiger partial charge in [0.2, 0.25) is 5.91 Å². The molecular formula is C23H22N4O3. The number of hydrogen-bond acceptors (Lipinski definition) is 4. The van der Waals surface area contributed by atoms with E-state index in [1.807, 2.05) is 54.6 Å². The molecule has 0 saturated heterocycles. The predicted octanol–water partition coefficient (Wildman–Crippen LogP) is 3.15. The Morgan fingerprint density at radius 1 is 1.00 bits per heavy atom. The van der Waals surface area contributed by atoms with Crippen molar-refractivity contribution < 1.29 is 9.53 Å². The lowest BCUT2D eigenvalue weighted by atomic mass is 10.0. The van der Waals surface area contributed by atoms with Gasteiger partial charge in [-0.1, -0.05) is 48.5 Å². The number of nitrogens with zero attached hydrogens (tertiary/aromatic N) is 3. The molecule has 2 heterocycles. The number of anilines is 1. The molecule has 0 aliphatic heterocycles. The van der Waals surface area contributed by atoms with Gasteiger partial charge in [0.15, 0.2) is 5.65 Å². The summed E-state index contributed by atoms with van der Waals surface area (Å²) in [6, 6.07) is 21.0. The molecule has 30 heavy (non-hydrogen) atoms. The predicted molar refractivity (Wildman–Crippen MR) is 116 cm³/mol. The van der Waals surface area contributed by atoms with Gasteiger partial charge in [0.1, 0.15) is 6.54 Å². The fourth-order valence-corrected chi connectivity index (χ4v) is 3.48. The number of para-hydroxylation sites is 1. The molecule has 7 heteroatoms. The van der Waals surface area contributed by atoms with E-state index >= 15 is 0 Å². The summed E-state index contributed by atoms with van der Waals surface area (Å²) >= 11 is 0. The highest BCUT2D eigenvalue weighted by molar-refractivity contribution is 5.95. The topological polar surface area (TPSA) is 78.1 Å². The second-order valence-electron chi connectivity index (χ2n) is 6.82. The van der Waals surface area contributed by atoms with E-state index in [-0.39, 0.29) is 18.1 Å². The molecule has 2 aromatic heterocycles. The van der Waals surface area contributed by atoms with Gasteiger partial charge in [-0.05, 0) is 23.8 Å². The number of rotatable bonds is 7. The van der Waals surface area contributed by atoms with Crippen LogP contribution in [0.4, 0.5) is 5.69 Å². The van der Waals surface area contributed by atoms with E-state index in [1.165, 1.54) is 9.13 Å². The molecular weight excluding hydrogens is 380 g/mol. The third kappa shape index (κ3) is 3.88. The molecule has 0 spiro atoms. The number of methoxy groups -OCH3 is 1. The Labute approximate surface area is 173 Å². The first-order chi connectivity index (χ1) is 14.7. The zero-order valence-electron chi connectivity index (χ0n) is 16.6. The highest BCUT2D eigenvalue weighted by Crippen LogP contribution is 2.27. The maximum Gasteiger partial charge on any atom is 0.330 e. The van der Waals surface area contributed by atoms with E-state index in [1.54, 1.807) is 25.4 Å². The summed E-state index contributed by atoms with van der Waals surface area (Å²) in [5, 5.41) is 2.95. The highest BCUT2D eigenvalue weighted by Gasteiger charge is 2.17. The second-order valence-corrected chi connectivity index (χ2v) is 6.82. The largest absolute Gasteiger partial charge is 0.383 e. The smallest absolute Gasteiger partial charge is 0.330 e. The zero-order chi connectivity index (χ0) is 20.9. The van der Waals surface area contributed by atoms with Gasteiger partial charge in [-0.3, -0.25) is 13.9 Å². The number of nitrogens with one attached hydrogen (secondary N) is 1. The highest BCUT2D eigenvalue weighted by atomic mass is 16.5. The van der Waals surface area contributed by atoms with Crippen molar-refractivity contribution in [2.75, 3.05) is 19.0 Å². The normalized spacial score (nSPS) is 11.0. The van der Waals surface area contributed by atoms with E-state index < -0.39 is 0 Å². The molecule has 4 aromatic rings. The van der Waals surface area contributed by atoms with E-state index in [0.29, 0.717) is 30.0 Å². The van der Waals surface area contributed by atoms with Crippen LogP contribution >= 0.6 is 0 Å². The van der Waals surface area contributed by atoms with Crippen molar-refractivity contribution in [2.45, 2.75) is 13.1 Å². The summed E-state index contributed by atoms with van der Waals surface area (Å²) < 4.78 is 8.07. The van der Waals surface area contributed by atoms with Crippen molar-refractivity contribution in [3.8, 4) is 11.1 Å². The Hall–Kier alpha value is -3.71. The first kappa shape index (κ1) is 19.6. The summed E-state index contributed by atoms with van der Waals surface area (Å²) in [6.45, 7) is 0.644. The Kier molecular flexibility index (Phi) is 5.72. The molecule has 152 valence electrons. The standard InChI is InChI=1S/C23H22N4O3/c1-30-15-14-26-22-20(12-7-13-24-22)27(23(26)29)16-21(28)25-19-11-6-5-10-18(19)17-8-3-2-4-9-17/h2-13H,14-16H2,1H3,(H,25,28). The van der Waals surface area contributed by atoms with Crippen molar-refractivity contribution in [1.29, 1.82) is 0 Å². The lowest BCUT2D eigenvalue weighted by Crippen LogP contribution is -2.30. The van der Waals surface area contributed by atoms with Crippen molar-refractivity contribution >= 4 is 22.8 Å². The van der Waals surface area contributed by atoms with Gasteiger partial charge in [0.05, 0.1) is 18.7 Å². The fraction of sp³-hybridized carbons (Fsp3) is 0.174. The van der Waals surface area contributed by atoms with E-state index in [2.05, 4.69) is 10.3 Å². The third-order valence-corrected chi connectivity index (χ3v) is 4.88. The quantitative estimate of drug-likeness (QED) is 0.515. The van der Waals surface area contributed by atoms with Crippen LogP contribution in [0.2, 0.25) is 0 Å². The van der Waals surface area contributed by atoms with Crippen LogP contribution in [0.15, 0.2) is 77.7 Å². The fourth-order valence-electron chi connectivity index (χ4n) is 3.48. The van der Waals surface area contributed by atoms with Crippen LogP contribution in [0.5, 0.6) is 0 Å². The maximum atomic E-state index is 12.9. The van der Waals surface area contributed by atoms with Gasteiger partial charge in [-0.15, -0.1) is 0 Å². The Bertz CT molecular complexity index is 1230. The summed E-state index contributed by atoms with van der Waals surface area (Å²) in [5.74, 6) is -0.282. The first-order valence-corrected chi connectivity index (χ1v) is 9.66. The van der Waals surface area contributed by atoms with E-state index in [4.69, 9.17) is 4.74 Å². The molecule has 2 aromatic carbocycles. The number of aromatic nitrogens is 3. The molecule has 4 rings (SSSR count). The van der Waals surface area contributed by atoms with Crippen LogP contribution in [0, 0.1) is 0 Å². The van der Waals surface area contributed by atoms with Gasteiger partial charge in [0, 0.05) is 24.6 Å². The van der Waals surface area contributed by atoms with Gasteiger partial charge >= 0.3 is 5.69 Å². The minimum Gasteiger partial charge on any atom is -0.383 e. The number of imidazole rings is 1. The van der Waals surface area contributed by atoms with Crippen LogP contribution in [0.3, 0.4) is 0 Å². The molecule has 0 aliphatic rings. The number of fused-ring (bicyclic) bond motifs is 1. The van der Waals surface area contributed by atoms with Gasteiger partial charge < -0.3 is 10.1 Å². The summed E-state index contributed by atoms with van der Waals surface area (Å²) in [6.07, 6.45) is 1.63. The number of amides is 1. The number of carbonyl (C=O) groups excluding carboxylic acids is 1. The number of benzene rings is 2. The average Bonchev–Trinajstić information content (AvgIpc) is 3.04. The second kappa shape index (κ2) is 8.75. The van der Waals surface area contributed by atoms with Crippen LogP contribution in [-0.4, -0.2) is 33.7 Å². The third-order valence-electron chi connectivity index (χ3n) is 4.88. The Balaban J connectivity index is 1.63.